The zero-order valence-corrected chi connectivity index (χ0v) is 12.7. The maximum absolute atomic E-state index is 12.2. The summed E-state index contributed by atoms with van der Waals surface area (Å²) >= 11 is 6.00. The lowest BCUT2D eigenvalue weighted by molar-refractivity contribution is 0.456. The van der Waals surface area contributed by atoms with E-state index in [4.69, 9.17) is 16.1 Å². The predicted molar refractivity (Wildman–Crippen MR) is 90.9 cm³/mol. The molecule has 0 atom stereocenters. The van der Waals surface area contributed by atoms with Crippen molar-refractivity contribution in [3.8, 4) is 0 Å². The monoisotopic (exact) mass is 325 g/mol. The van der Waals surface area contributed by atoms with E-state index in [-0.39, 0.29) is 5.56 Å². The molecule has 0 spiro atoms. The summed E-state index contributed by atoms with van der Waals surface area (Å²) in [5, 5.41) is 9.45. The Kier molecular flexibility index (Phi) is 3.28. The van der Waals surface area contributed by atoms with E-state index in [1.54, 1.807) is 18.3 Å². The van der Waals surface area contributed by atoms with Gasteiger partial charge in [-0.2, -0.15) is 0 Å². The molecule has 4 rings (SSSR count). The van der Waals surface area contributed by atoms with Crippen molar-refractivity contribution in [2.75, 3.05) is 5.32 Å². The van der Waals surface area contributed by atoms with E-state index in [1.165, 1.54) is 0 Å². The topological polar surface area (TPSA) is 70.9 Å². The Morgan fingerprint density at radius 3 is 2.96 bits per heavy atom. The Labute approximate surface area is 135 Å². The average Bonchev–Trinajstić information content (AvgIpc) is 3.01. The summed E-state index contributed by atoms with van der Waals surface area (Å²) in [5.74, 6) is 0. The summed E-state index contributed by atoms with van der Waals surface area (Å²) in [5.41, 5.74) is 2.85. The zero-order chi connectivity index (χ0) is 15.8. The zero-order valence-electron chi connectivity index (χ0n) is 12.0. The van der Waals surface area contributed by atoms with Crippen molar-refractivity contribution in [3.63, 3.8) is 0 Å². The van der Waals surface area contributed by atoms with Crippen LogP contribution in [0.2, 0.25) is 5.02 Å². The molecule has 0 amide bonds. The van der Waals surface area contributed by atoms with Gasteiger partial charge in [-0.25, -0.2) is 0 Å². The van der Waals surface area contributed by atoms with Gasteiger partial charge in [-0.1, -0.05) is 16.8 Å². The molecule has 23 heavy (non-hydrogen) atoms. The predicted octanol–water partition coefficient (Wildman–Crippen LogP) is 3.93. The van der Waals surface area contributed by atoms with Gasteiger partial charge in [0.2, 0.25) is 0 Å². The Bertz CT molecular complexity index is 1070. The van der Waals surface area contributed by atoms with E-state index in [0.717, 1.165) is 22.0 Å². The van der Waals surface area contributed by atoms with Crippen LogP contribution < -0.4 is 10.9 Å². The van der Waals surface area contributed by atoms with Crippen molar-refractivity contribution < 1.29 is 4.52 Å². The minimum absolute atomic E-state index is 0.118. The molecule has 0 radical (unpaired) electrons. The van der Waals surface area contributed by atoms with Crippen LogP contribution in [0.4, 0.5) is 5.69 Å². The van der Waals surface area contributed by atoms with Crippen LogP contribution in [0.15, 0.2) is 58.0 Å². The van der Waals surface area contributed by atoms with Crippen molar-refractivity contribution in [2.45, 2.75) is 6.54 Å². The quantitative estimate of drug-likeness (QED) is 0.598. The molecule has 6 heteroatoms. The second-order valence-electron chi connectivity index (χ2n) is 5.29. The number of nitrogens with zero attached hydrogens (tertiary/aromatic N) is 1. The fraction of sp³-hybridized carbons (Fsp3) is 0.0588. The number of fused-ring (bicyclic) bond motifs is 2. The third-order valence-corrected chi connectivity index (χ3v) is 3.96. The highest BCUT2D eigenvalue weighted by atomic mass is 35.5. The van der Waals surface area contributed by atoms with Crippen LogP contribution in [0.1, 0.15) is 5.56 Å². The molecule has 0 fully saturated rings. The lowest BCUT2D eigenvalue weighted by Gasteiger charge is -2.07. The molecule has 5 nitrogen and oxygen atoms in total. The van der Waals surface area contributed by atoms with Crippen molar-refractivity contribution in [3.05, 3.63) is 69.6 Å². The number of hydrogen-bond donors (Lipinski definition) is 2. The van der Waals surface area contributed by atoms with E-state index in [1.807, 2.05) is 30.3 Å². The third kappa shape index (κ3) is 2.66. The summed E-state index contributed by atoms with van der Waals surface area (Å²) in [4.78, 5) is 15.0. The number of H-pyrrole nitrogens is 1. The average molecular weight is 326 g/mol. The number of aromatic amines is 1. The Morgan fingerprint density at radius 2 is 2.04 bits per heavy atom. The largest absolute Gasteiger partial charge is 0.381 e. The first-order chi connectivity index (χ1) is 11.2. The van der Waals surface area contributed by atoms with E-state index < -0.39 is 0 Å². The summed E-state index contributed by atoms with van der Waals surface area (Å²) in [7, 11) is 0. The molecule has 0 aliphatic heterocycles. The molecule has 0 aliphatic rings. The van der Waals surface area contributed by atoms with Crippen molar-refractivity contribution in [1.82, 2.24) is 10.1 Å². The fourth-order valence-corrected chi connectivity index (χ4v) is 2.70. The summed E-state index contributed by atoms with van der Waals surface area (Å²) in [6.45, 7) is 0.400. The molecule has 0 saturated carbocycles. The van der Waals surface area contributed by atoms with Crippen LogP contribution in [-0.4, -0.2) is 10.1 Å². The highest BCUT2D eigenvalue weighted by Crippen LogP contribution is 2.20. The fourth-order valence-electron chi connectivity index (χ4n) is 2.52. The standard InChI is InChI=1S/C17H12ClN3O2/c18-13-2-4-15-11(6-13)5-12(17(22)21-15)8-19-14-3-1-10-9-20-23-16(10)7-14/h1-7,9,19H,8H2,(H,21,22). The highest BCUT2D eigenvalue weighted by Gasteiger charge is 2.05. The van der Waals surface area contributed by atoms with Gasteiger partial charge in [0.25, 0.3) is 5.56 Å². The molecular weight excluding hydrogens is 314 g/mol. The van der Waals surface area contributed by atoms with Crippen LogP contribution >= 0.6 is 11.6 Å². The number of hydrogen-bond acceptors (Lipinski definition) is 4. The number of anilines is 1. The van der Waals surface area contributed by atoms with E-state index in [0.29, 0.717) is 22.7 Å². The molecule has 0 bridgehead atoms. The van der Waals surface area contributed by atoms with Crippen molar-refractivity contribution in [1.29, 1.82) is 0 Å². The van der Waals surface area contributed by atoms with Gasteiger partial charge >= 0.3 is 0 Å². The SMILES string of the molecule is O=c1[nH]c2ccc(Cl)cc2cc1CNc1ccc2cnoc2c1. The maximum Gasteiger partial charge on any atom is 0.253 e. The second-order valence-corrected chi connectivity index (χ2v) is 5.72. The number of rotatable bonds is 3. The molecule has 0 unspecified atom stereocenters. The number of benzene rings is 2. The summed E-state index contributed by atoms with van der Waals surface area (Å²) in [6.07, 6.45) is 1.66. The van der Waals surface area contributed by atoms with Gasteiger partial charge in [-0.05, 0) is 36.4 Å². The van der Waals surface area contributed by atoms with Gasteiger partial charge in [-0.15, -0.1) is 0 Å². The highest BCUT2D eigenvalue weighted by molar-refractivity contribution is 6.31. The summed E-state index contributed by atoms with van der Waals surface area (Å²) in [6, 6.07) is 12.9. The Balaban J connectivity index is 1.63. The van der Waals surface area contributed by atoms with Crippen LogP contribution in [0.5, 0.6) is 0 Å². The first-order valence-electron chi connectivity index (χ1n) is 7.09. The maximum atomic E-state index is 12.2. The second kappa shape index (κ2) is 5.44. The lowest BCUT2D eigenvalue weighted by Crippen LogP contribution is -2.15. The van der Waals surface area contributed by atoms with Crippen LogP contribution in [-0.2, 0) is 6.54 Å². The van der Waals surface area contributed by atoms with Crippen molar-refractivity contribution in [2.24, 2.45) is 0 Å². The number of pyridine rings is 1. The lowest BCUT2D eigenvalue weighted by atomic mass is 10.1. The number of aromatic nitrogens is 2. The van der Waals surface area contributed by atoms with Gasteiger partial charge in [0.05, 0.1) is 6.20 Å². The molecule has 114 valence electrons. The van der Waals surface area contributed by atoms with Crippen LogP contribution in [0, 0.1) is 0 Å². The molecular formula is C17H12ClN3O2. The molecule has 2 aromatic heterocycles. The summed E-state index contributed by atoms with van der Waals surface area (Å²) < 4.78 is 5.13. The first kappa shape index (κ1) is 13.8. The van der Waals surface area contributed by atoms with Crippen LogP contribution in [0.25, 0.3) is 21.9 Å². The normalized spacial score (nSPS) is 11.2. The smallest absolute Gasteiger partial charge is 0.253 e. The Hall–Kier alpha value is -2.79. The minimum Gasteiger partial charge on any atom is -0.381 e. The van der Waals surface area contributed by atoms with Gasteiger partial charge < -0.3 is 14.8 Å². The number of halogens is 1. The van der Waals surface area contributed by atoms with Gasteiger partial charge in [0, 0.05) is 45.2 Å². The van der Waals surface area contributed by atoms with Gasteiger partial charge in [0.15, 0.2) is 5.58 Å². The van der Waals surface area contributed by atoms with Gasteiger partial charge in [0.1, 0.15) is 0 Å². The molecule has 0 aliphatic carbocycles. The van der Waals surface area contributed by atoms with E-state index in [2.05, 4.69) is 15.5 Å². The molecule has 4 aromatic rings. The molecule has 2 heterocycles. The van der Waals surface area contributed by atoms with E-state index >= 15 is 0 Å². The molecule has 2 aromatic carbocycles. The van der Waals surface area contributed by atoms with Gasteiger partial charge in [-0.3, -0.25) is 4.79 Å². The van der Waals surface area contributed by atoms with Crippen LogP contribution in [0.3, 0.4) is 0 Å². The number of nitrogens with one attached hydrogen (secondary N) is 2. The molecule has 0 saturated heterocycles. The van der Waals surface area contributed by atoms with Crippen molar-refractivity contribution >= 4 is 39.2 Å². The minimum atomic E-state index is -0.118. The third-order valence-electron chi connectivity index (χ3n) is 3.72. The Morgan fingerprint density at radius 1 is 1.13 bits per heavy atom. The van der Waals surface area contributed by atoms with E-state index in [9.17, 15) is 4.79 Å². The first-order valence-corrected chi connectivity index (χ1v) is 7.47. The molecule has 2 N–H and O–H groups in total.